The van der Waals surface area contributed by atoms with Crippen molar-refractivity contribution in [3.8, 4) is 0 Å². The summed E-state index contributed by atoms with van der Waals surface area (Å²) in [4.78, 5) is 42.2. The minimum Gasteiger partial charge on any atom is -0.469 e. The van der Waals surface area contributed by atoms with Crippen LogP contribution in [-0.2, 0) is 14.3 Å². The highest BCUT2D eigenvalue weighted by atomic mass is 16.5. The summed E-state index contributed by atoms with van der Waals surface area (Å²) in [5.41, 5.74) is 0. The first-order valence-corrected chi connectivity index (χ1v) is 8.34. The topological polar surface area (TPSA) is 133 Å². The quantitative estimate of drug-likeness (QED) is 0.521. The molecule has 9 heteroatoms. The first kappa shape index (κ1) is 17.4. The summed E-state index contributed by atoms with van der Waals surface area (Å²) in [5.74, 6) is -1.15. The lowest BCUT2D eigenvalue weighted by atomic mass is 9.80. The van der Waals surface area contributed by atoms with Gasteiger partial charge in [0.05, 0.1) is 25.2 Å². The summed E-state index contributed by atoms with van der Waals surface area (Å²) < 4.78 is 4.67. The Morgan fingerprint density at radius 1 is 1.20 bits per heavy atom. The molecular weight excluding hydrogens is 328 g/mol. The number of aliphatic hydroxyl groups is 1. The highest BCUT2D eigenvalue weighted by Crippen LogP contribution is 2.31. The van der Waals surface area contributed by atoms with E-state index in [1.807, 2.05) is 0 Å². The number of amides is 2. The van der Waals surface area contributed by atoms with E-state index in [0.717, 1.165) is 0 Å². The van der Waals surface area contributed by atoms with Gasteiger partial charge >= 0.3 is 5.97 Å². The van der Waals surface area contributed by atoms with Gasteiger partial charge in [-0.3, -0.25) is 14.4 Å². The molecule has 3 atom stereocenters. The van der Waals surface area contributed by atoms with Gasteiger partial charge in [-0.2, -0.15) is 0 Å². The van der Waals surface area contributed by atoms with E-state index in [0.29, 0.717) is 25.7 Å². The number of hydrogen-bond acceptors (Lipinski definition) is 6. The van der Waals surface area contributed by atoms with Crippen LogP contribution in [-0.4, -0.2) is 58.2 Å². The molecule has 0 radical (unpaired) electrons. The molecule has 0 aromatic carbocycles. The van der Waals surface area contributed by atoms with Crippen LogP contribution in [0.4, 0.5) is 0 Å². The second kappa shape index (κ2) is 7.22. The third-order valence-corrected chi connectivity index (χ3v) is 4.95. The van der Waals surface area contributed by atoms with E-state index in [9.17, 15) is 19.5 Å². The summed E-state index contributed by atoms with van der Waals surface area (Å²) in [7, 11) is 1.35. The highest BCUT2D eigenvalue weighted by molar-refractivity contribution is 5.90. The van der Waals surface area contributed by atoms with Gasteiger partial charge in [-0.15, -0.1) is 0 Å². The Morgan fingerprint density at radius 3 is 2.60 bits per heavy atom. The lowest BCUT2D eigenvalue weighted by Gasteiger charge is -2.34. The second-order valence-corrected chi connectivity index (χ2v) is 6.65. The number of aromatic nitrogens is 2. The van der Waals surface area contributed by atoms with Crippen molar-refractivity contribution in [1.29, 1.82) is 0 Å². The lowest BCUT2D eigenvalue weighted by molar-refractivity contribution is -0.150. The zero-order valence-electron chi connectivity index (χ0n) is 13.9. The smallest absolute Gasteiger partial charge is 0.308 e. The van der Waals surface area contributed by atoms with Crippen LogP contribution in [0.5, 0.6) is 0 Å². The molecule has 1 aromatic heterocycles. The van der Waals surface area contributed by atoms with E-state index in [4.69, 9.17) is 0 Å². The van der Waals surface area contributed by atoms with Gasteiger partial charge in [0.15, 0.2) is 5.82 Å². The minimum atomic E-state index is -0.779. The Kier molecular flexibility index (Phi) is 5.03. The first-order chi connectivity index (χ1) is 12.0. The van der Waals surface area contributed by atoms with Crippen LogP contribution in [0.3, 0.4) is 0 Å². The van der Waals surface area contributed by atoms with Crippen molar-refractivity contribution in [2.24, 2.45) is 11.8 Å². The van der Waals surface area contributed by atoms with Crippen LogP contribution in [0.15, 0.2) is 12.4 Å². The van der Waals surface area contributed by atoms with Gasteiger partial charge in [0, 0.05) is 24.4 Å². The number of nitrogens with zero attached hydrogens (tertiary/aromatic N) is 1. The number of H-pyrrole nitrogens is 1. The fourth-order valence-corrected chi connectivity index (χ4v) is 3.42. The SMILES string of the molecule is COC(=O)C1CC(NC(=O)[C@@H]2C[C@@H](O)[C@H](NC(=O)c3ncc[nH]3)C2)C1. The largest absolute Gasteiger partial charge is 0.469 e. The van der Waals surface area contributed by atoms with E-state index < -0.39 is 18.1 Å². The molecule has 0 unspecified atom stereocenters. The number of aliphatic hydroxyl groups excluding tert-OH is 1. The van der Waals surface area contributed by atoms with Crippen molar-refractivity contribution in [3.63, 3.8) is 0 Å². The minimum absolute atomic E-state index is 0.0366. The summed E-state index contributed by atoms with van der Waals surface area (Å²) in [6, 6.07) is -0.525. The number of carbonyl (C=O) groups excluding carboxylic acids is 3. The standard InChI is InChI=1S/C16H22N4O5/c1-25-16(24)9-4-10(5-9)19-14(22)8-6-11(12(21)7-8)20-15(23)13-17-2-3-18-13/h2-3,8-12,21H,4-7H2,1H3,(H,17,18)(H,19,22)(H,20,23)/t8-,9?,10?,11+,12+/m0/s1. The fourth-order valence-electron chi connectivity index (χ4n) is 3.42. The molecule has 2 aliphatic rings. The summed E-state index contributed by atoms with van der Waals surface area (Å²) in [6.07, 6.45) is 4.04. The van der Waals surface area contributed by atoms with E-state index in [-0.39, 0.29) is 35.6 Å². The van der Waals surface area contributed by atoms with Crippen LogP contribution >= 0.6 is 0 Å². The Labute approximate surface area is 144 Å². The number of rotatable bonds is 5. The molecule has 9 nitrogen and oxygen atoms in total. The molecule has 3 rings (SSSR count). The van der Waals surface area contributed by atoms with Crippen LogP contribution in [0.2, 0.25) is 0 Å². The number of hydrogen-bond donors (Lipinski definition) is 4. The van der Waals surface area contributed by atoms with Crippen LogP contribution in [0.25, 0.3) is 0 Å². The van der Waals surface area contributed by atoms with E-state index in [1.54, 1.807) is 0 Å². The third-order valence-electron chi connectivity index (χ3n) is 4.95. The van der Waals surface area contributed by atoms with E-state index >= 15 is 0 Å². The normalized spacial score (nSPS) is 31.0. The Hall–Kier alpha value is -2.42. The Bertz CT molecular complexity index is 641. The van der Waals surface area contributed by atoms with Gasteiger partial charge in [0.25, 0.3) is 5.91 Å². The van der Waals surface area contributed by atoms with Crippen LogP contribution < -0.4 is 10.6 Å². The third kappa shape index (κ3) is 3.81. The van der Waals surface area contributed by atoms with Crippen LogP contribution in [0.1, 0.15) is 36.3 Å². The maximum absolute atomic E-state index is 12.3. The van der Waals surface area contributed by atoms with Gasteiger partial charge in [0.2, 0.25) is 5.91 Å². The lowest BCUT2D eigenvalue weighted by Crippen LogP contribution is -2.48. The van der Waals surface area contributed by atoms with Gasteiger partial charge in [-0.25, -0.2) is 4.98 Å². The molecule has 1 heterocycles. The summed E-state index contributed by atoms with van der Waals surface area (Å²) in [5, 5.41) is 15.7. The predicted molar refractivity (Wildman–Crippen MR) is 85.2 cm³/mol. The molecule has 1 aromatic rings. The van der Waals surface area contributed by atoms with Crippen molar-refractivity contribution in [2.45, 2.75) is 43.9 Å². The maximum atomic E-state index is 12.3. The van der Waals surface area contributed by atoms with Gasteiger partial charge in [-0.1, -0.05) is 0 Å². The molecule has 0 saturated heterocycles. The van der Waals surface area contributed by atoms with E-state index in [1.165, 1.54) is 19.5 Å². The summed E-state index contributed by atoms with van der Waals surface area (Å²) in [6.45, 7) is 0. The number of methoxy groups -OCH3 is 1. The molecule has 136 valence electrons. The number of esters is 1. The predicted octanol–water partition coefficient (Wildman–Crippen LogP) is -0.653. The zero-order chi connectivity index (χ0) is 18.0. The number of imidazole rings is 1. The average molecular weight is 350 g/mol. The summed E-state index contributed by atoms with van der Waals surface area (Å²) >= 11 is 0. The average Bonchev–Trinajstić information content (AvgIpc) is 3.20. The molecule has 0 spiro atoms. The molecule has 4 N–H and O–H groups in total. The molecule has 2 saturated carbocycles. The fraction of sp³-hybridized carbons (Fsp3) is 0.625. The van der Waals surface area contributed by atoms with Gasteiger partial charge in [-0.05, 0) is 25.7 Å². The van der Waals surface area contributed by atoms with Gasteiger partial charge < -0.3 is 25.5 Å². The Balaban J connectivity index is 1.46. The Morgan fingerprint density at radius 2 is 1.96 bits per heavy atom. The molecule has 0 bridgehead atoms. The first-order valence-electron chi connectivity index (χ1n) is 8.34. The van der Waals surface area contributed by atoms with Crippen molar-refractivity contribution < 1.29 is 24.2 Å². The molecule has 2 fully saturated rings. The molecule has 25 heavy (non-hydrogen) atoms. The number of aromatic amines is 1. The van der Waals surface area contributed by atoms with Crippen molar-refractivity contribution >= 4 is 17.8 Å². The van der Waals surface area contributed by atoms with Crippen LogP contribution in [0, 0.1) is 11.8 Å². The molecule has 0 aliphatic heterocycles. The zero-order valence-corrected chi connectivity index (χ0v) is 13.9. The van der Waals surface area contributed by atoms with E-state index in [2.05, 4.69) is 25.3 Å². The maximum Gasteiger partial charge on any atom is 0.308 e. The molecular formula is C16H22N4O5. The molecule has 2 amide bonds. The second-order valence-electron chi connectivity index (χ2n) is 6.65. The van der Waals surface area contributed by atoms with Gasteiger partial charge in [0.1, 0.15) is 0 Å². The number of carbonyl (C=O) groups is 3. The monoisotopic (exact) mass is 350 g/mol. The van der Waals surface area contributed by atoms with Crippen molar-refractivity contribution in [2.75, 3.05) is 7.11 Å². The van der Waals surface area contributed by atoms with Crippen molar-refractivity contribution in [3.05, 3.63) is 18.2 Å². The number of nitrogens with one attached hydrogen (secondary N) is 3. The number of ether oxygens (including phenoxy) is 1. The van der Waals surface area contributed by atoms with Crippen molar-refractivity contribution in [1.82, 2.24) is 20.6 Å². The molecule has 2 aliphatic carbocycles. The highest BCUT2D eigenvalue weighted by Gasteiger charge is 2.41.